The van der Waals surface area contributed by atoms with Crippen molar-refractivity contribution in [3.63, 3.8) is 0 Å². The van der Waals surface area contributed by atoms with Crippen LogP contribution in [0.3, 0.4) is 0 Å². The number of para-hydroxylation sites is 2. The number of nitrogens with zero attached hydrogens (tertiary/aromatic N) is 1. The highest BCUT2D eigenvalue weighted by Crippen LogP contribution is 2.13. The standard InChI is InChI=1S/C18H16FN3O5/c1-11(26-13-8-6-12(19)7-9-13)17(24)21-20-16(23)10-22-14-4-2-3-5-15(14)27-18(22)25/h2-9,11H,10H2,1H3,(H,20,23)(H,21,24). The highest BCUT2D eigenvalue weighted by molar-refractivity contribution is 5.85. The highest BCUT2D eigenvalue weighted by Gasteiger charge is 2.17. The molecule has 9 heteroatoms. The maximum absolute atomic E-state index is 12.9. The van der Waals surface area contributed by atoms with E-state index in [1.807, 2.05) is 0 Å². The molecule has 3 rings (SSSR count). The Bertz CT molecular complexity index is 1030. The zero-order valence-corrected chi connectivity index (χ0v) is 14.3. The van der Waals surface area contributed by atoms with Crippen molar-refractivity contribution in [3.05, 3.63) is 64.9 Å². The van der Waals surface area contributed by atoms with Crippen LogP contribution in [0.2, 0.25) is 0 Å². The predicted molar refractivity (Wildman–Crippen MR) is 93.2 cm³/mol. The minimum absolute atomic E-state index is 0.307. The lowest BCUT2D eigenvalue weighted by molar-refractivity contribution is -0.133. The van der Waals surface area contributed by atoms with Gasteiger partial charge >= 0.3 is 5.76 Å². The van der Waals surface area contributed by atoms with Crippen LogP contribution in [0, 0.1) is 5.82 Å². The number of nitrogens with one attached hydrogen (secondary N) is 2. The zero-order chi connectivity index (χ0) is 19.4. The largest absolute Gasteiger partial charge is 0.481 e. The summed E-state index contributed by atoms with van der Waals surface area (Å²) in [4.78, 5) is 35.8. The van der Waals surface area contributed by atoms with Gasteiger partial charge < -0.3 is 9.15 Å². The van der Waals surface area contributed by atoms with Gasteiger partial charge in [-0.2, -0.15) is 0 Å². The van der Waals surface area contributed by atoms with Crippen LogP contribution in [0.5, 0.6) is 5.75 Å². The lowest BCUT2D eigenvalue weighted by Crippen LogP contribution is -2.48. The summed E-state index contributed by atoms with van der Waals surface area (Å²) in [7, 11) is 0. The molecule has 0 aliphatic heterocycles. The summed E-state index contributed by atoms with van der Waals surface area (Å²) in [5, 5.41) is 0. The topological polar surface area (TPSA) is 103 Å². The van der Waals surface area contributed by atoms with Gasteiger partial charge in [0.2, 0.25) is 0 Å². The molecule has 0 spiro atoms. The number of hydrazine groups is 1. The molecule has 0 saturated heterocycles. The number of benzene rings is 2. The number of fused-ring (bicyclic) bond motifs is 1. The summed E-state index contributed by atoms with van der Waals surface area (Å²) in [5.41, 5.74) is 5.25. The number of rotatable bonds is 5. The molecule has 0 aliphatic rings. The van der Waals surface area contributed by atoms with Gasteiger partial charge in [0.25, 0.3) is 11.8 Å². The molecule has 1 atom stereocenters. The molecule has 2 aromatic carbocycles. The summed E-state index contributed by atoms with van der Waals surface area (Å²) in [6, 6.07) is 11.8. The third-order valence-corrected chi connectivity index (χ3v) is 3.70. The van der Waals surface area contributed by atoms with E-state index in [-0.39, 0.29) is 6.54 Å². The van der Waals surface area contributed by atoms with Crippen LogP contribution in [0.15, 0.2) is 57.7 Å². The number of carbonyl (C=O) groups is 2. The molecule has 0 radical (unpaired) electrons. The summed E-state index contributed by atoms with van der Waals surface area (Å²) >= 11 is 0. The summed E-state index contributed by atoms with van der Waals surface area (Å²) in [6.07, 6.45) is -0.937. The zero-order valence-electron chi connectivity index (χ0n) is 14.3. The van der Waals surface area contributed by atoms with Gasteiger partial charge in [-0.3, -0.25) is 25.0 Å². The van der Waals surface area contributed by atoms with Crippen molar-refractivity contribution in [3.8, 4) is 5.75 Å². The number of aromatic nitrogens is 1. The van der Waals surface area contributed by atoms with E-state index in [1.54, 1.807) is 24.3 Å². The summed E-state index contributed by atoms with van der Waals surface area (Å²) < 4.78 is 24.4. The van der Waals surface area contributed by atoms with E-state index >= 15 is 0 Å². The summed E-state index contributed by atoms with van der Waals surface area (Å²) in [5.74, 6) is -2.02. The number of amides is 2. The molecule has 0 aliphatic carbocycles. The molecule has 8 nitrogen and oxygen atoms in total. The van der Waals surface area contributed by atoms with Crippen LogP contribution in [0.4, 0.5) is 4.39 Å². The van der Waals surface area contributed by atoms with Crippen molar-refractivity contribution in [2.75, 3.05) is 0 Å². The average molecular weight is 373 g/mol. The minimum atomic E-state index is -0.937. The van der Waals surface area contributed by atoms with Crippen molar-refractivity contribution < 1.29 is 23.1 Å². The van der Waals surface area contributed by atoms with Gasteiger partial charge in [0.1, 0.15) is 18.1 Å². The van der Waals surface area contributed by atoms with Gasteiger partial charge in [-0.25, -0.2) is 9.18 Å². The number of hydrogen-bond acceptors (Lipinski definition) is 5. The van der Waals surface area contributed by atoms with E-state index < -0.39 is 29.5 Å². The third-order valence-electron chi connectivity index (χ3n) is 3.70. The second kappa shape index (κ2) is 7.73. The molecule has 140 valence electrons. The van der Waals surface area contributed by atoms with Crippen LogP contribution in [0.1, 0.15) is 6.92 Å². The van der Waals surface area contributed by atoms with Gasteiger partial charge in [0, 0.05) is 0 Å². The minimum Gasteiger partial charge on any atom is -0.481 e. The van der Waals surface area contributed by atoms with Crippen molar-refractivity contribution in [2.45, 2.75) is 19.6 Å². The van der Waals surface area contributed by atoms with Crippen LogP contribution in [-0.2, 0) is 16.1 Å². The Labute approximate surface area is 152 Å². The fourth-order valence-electron chi connectivity index (χ4n) is 2.35. The lowest BCUT2D eigenvalue weighted by Gasteiger charge is -2.15. The SMILES string of the molecule is CC(Oc1ccc(F)cc1)C(=O)NNC(=O)Cn1c(=O)oc2ccccc21. The van der Waals surface area contributed by atoms with E-state index in [1.165, 1.54) is 31.2 Å². The molecule has 2 N–H and O–H groups in total. The van der Waals surface area contributed by atoms with Gasteiger partial charge in [-0.1, -0.05) is 12.1 Å². The first-order valence-electron chi connectivity index (χ1n) is 8.03. The van der Waals surface area contributed by atoms with Crippen molar-refractivity contribution in [1.82, 2.24) is 15.4 Å². The van der Waals surface area contributed by atoms with Crippen LogP contribution in [0.25, 0.3) is 11.1 Å². The Morgan fingerprint density at radius 1 is 1.15 bits per heavy atom. The van der Waals surface area contributed by atoms with Crippen molar-refractivity contribution >= 4 is 22.9 Å². The Hall–Kier alpha value is -3.62. The molecule has 1 unspecified atom stereocenters. The Balaban J connectivity index is 1.55. The van der Waals surface area contributed by atoms with Crippen molar-refractivity contribution in [1.29, 1.82) is 0 Å². The van der Waals surface area contributed by atoms with Crippen molar-refractivity contribution in [2.24, 2.45) is 0 Å². The first-order chi connectivity index (χ1) is 12.9. The number of halogens is 1. The van der Waals surface area contributed by atoms with Crippen LogP contribution in [-0.4, -0.2) is 22.5 Å². The number of hydrogen-bond donors (Lipinski definition) is 2. The fraction of sp³-hybridized carbons (Fsp3) is 0.167. The second-order valence-electron chi connectivity index (χ2n) is 5.67. The normalized spacial score (nSPS) is 11.8. The smallest absolute Gasteiger partial charge is 0.420 e. The van der Waals surface area contributed by atoms with Crippen LogP contribution >= 0.6 is 0 Å². The molecule has 2 amide bonds. The van der Waals surface area contributed by atoms with E-state index in [9.17, 15) is 18.8 Å². The molecule has 0 fully saturated rings. The fourth-order valence-corrected chi connectivity index (χ4v) is 2.35. The monoisotopic (exact) mass is 373 g/mol. The maximum atomic E-state index is 12.9. The van der Waals surface area contributed by atoms with Gasteiger partial charge in [-0.05, 0) is 43.3 Å². The molecule has 0 bridgehead atoms. The van der Waals surface area contributed by atoms with Gasteiger partial charge in [0.05, 0.1) is 5.52 Å². The van der Waals surface area contributed by atoms with Gasteiger partial charge in [-0.15, -0.1) is 0 Å². The molecule has 27 heavy (non-hydrogen) atoms. The molecule has 1 aromatic heterocycles. The predicted octanol–water partition coefficient (Wildman–Crippen LogP) is 1.35. The first-order valence-corrected chi connectivity index (χ1v) is 8.03. The Morgan fingerprint density at radius 2 is 1.85 bits per heavy atom. The molecule has 0 saturated carbocycles. The quantitative estimate of drug-likeness (QED) is 0.657. The van der Waals surface area contributed by atoms with E-state index in [0.29, 0.717) is 16.8 Å². The van der Waals surface area contributed by atoms with Crippen LogP contribution < -0.4 is 21.3 Å². The molecular weight excluding hydrogens is 357 g/mol. The third kappa shape index (κ3) is 4.32. The number of carbonyl (C=O) groups excluding carboxylic acids is 2. The first kappa shape index (κ1) is 18.2. The highest BCUT2D eigenvalue weighted by atomic mass is 19.1. The molecular formula is C18H16FN3O5. The van der Waals surface area contributed by atoms with E-state index in [4.69, 9.17) is 9.15 Å². The second-order valence-corrected chi connectivity index (χ2v) is 5.67. The number of oxazole rings is 1. The molecule has 1 heterocycles. The maximum Gasteiger partial charge on any atom is 0.420 e. The van der Waals surface area contributed by atoms with Gasteiger partial charge in [0.15, 0.2) is 11.7 Å². The Morgan fingerprint density at radius 3 is 2.59 bits per heavy atom. The van der Waals surface area contributed by atoms with E-state index in [0.717, 1.165) is 4.57 Å². The molecule has 3 aromatic rings. The Kier molecular flexibility index (Phi) is 5.20. The van der Waals surface area contributed by atoms with E-state index in [2.05, 4.69) is 10.9 Å². The summed E-state index contributed by atoms with van der Waals surface area (Å²) in [6.45, 7) is 1.14. The lowest BCUT2D eigenvalue weighted by atomic mass is 10.3. The average Bonchev–Trinajstić information content (AvgIpc) is 2.97. The number of ether oxygens (including phenoxy) is 1.